The molecule has 3 heteroatoms. The van der Waals surface area contributed by atoms with Crippen molar-refractivity contribution >= 4 is 17.5 Å². The molecule has 2 fully saturated rings. The van der Waals surface area contributed by atoms with Gasteiger partial charge >= 0.3 is 0 Å². The van der Waals surface area contributed by atoms with E-state index in [-0.39, 0.29) is 0 Å². The Labute approximate surface area is 110 Å². The number of nitrogens with zero attached hydrogens (tertiary/aromatic N) is 1. The number of hydrogen-bond donors (Lipinski definition) is 0. The monoisotopic (exact) mass is 255 g/mol. The Morgan fingerprint density at radius 3 is 2.88 bits per heavy atom. The van der Waals surface area contributed by atoms with Gasteiger partial charge in [-0.05, 0) is 25.7 Å². The molecular formula is C14H25NOS. The molecule has 4 atom stereocenters. The van der Waals surface area contributed by atoms with Gasteiger partial charge in [0.15, 0.2) is 0 Å². The van der Waals surface area contributed by atoms with Crippen molar-refractivity contribution < 1.29 is 4.79 Å². The van der Waals surface area contributed by atoms with Crippen molar-refractivity contribution in [3.63, 3.8) is 0 Å². The molecule has 0 radical (unpaired) electrons. The molecule has 2 aliphatic rings. The highest BCUT2D eigenvalue weighted by Gasteiger charge is 2.32. The van der Waals surface area contributed by atoms with E-state index in [1.165, 1.54) is 5.75 Å². The topological polar surface area (TPSA) is 20.3 Å². The predicted octanol–water partition coefficient (Wildman–Crippen LogP) is 2.82. The van der Waals surface area contributed by atoms with Crippen LogP contribution in [0.4, 0.5) is 0 Å². The normalized spacial score (nSPS) is 40.5. The number of carbonyl (C=O) groups is 1. The number of rotatable bonds is 2. The SMILES string of the molecule is CC1CCC(=O)C(CN2CCSC(C)C2C)C1. The van der Waals surface area contributed by atoms with Gasteiger partial charge in [0.05, 0.1) is 0 Å². The summed E-state index contributed by atoms with van der Waals surface area (Å²) in [4.78, 5) is 14.5. The minimum atomic E-state index is 0.316. The molecule has 0 aromatic carbocycles. The zero-order valence-electron chi connectivity index (χ0n) is 11.3. The average molecular weight is 255 g/mol. The minimum Gasteiger partial charge on any atom is -0.299 e. The lowest BCUT2D eigenvalue weighted by Gasteiger charge is -2.40. The van der Waals surface area contributed by atoms with Gasteiger partial charge in [-0.1, -0.05) is 13.8 Å². The molecule has 0 bridgehead atoms. The fourth-order valence-corrected chi connectivity index (χ4v) is 4.20. The zero-order chi connectivity index (χ0) is 12.4. The fraction of sp³-hybridized carbons (Fsp3) is 0.929. The van der Waals surface area contributed by atoms with E-state index in [0.29, 0.717) is 23.0 Å². The maximum absolute atomic E-state index is 12.0. The van der Waals surface area contributed by atoms with Crippen LogP contribution in [0.3, 0.4) is 0 Å². The Morgan fingerprint density at radius 2 is 2.12 bits per heavy atom. The Balaban J connectivity index is 1.92. The van der Waals surface area contributed by atoms with Crippen molar-refractivity contribution in [2.75, 3.05) is 18.8 Å². The highest BCUT2D eigenvalue weighted by molar-refractivity contribution is 8.00. The second kappa shape index (κ2) is 5.75. The van der Waals surface area contributed by atoms with Crippen LogP contribution < -0.4 is 0 Å². The van der Waals surface area contributed by atoms with Crippen LogP contribution in [0.25, 0.3) is 0 Å². The van der Waals surface area contributed by atoms with Gasteiger partial charge in [0.25, 0.3) is 0 Å². The predicted molar refractivity (Wildman–Crippen MR) is 74.5 cm³/mol. The molecule has 0 aromatic heterocycles. The summed E-state index contributed by atoms with van der Waals surface area (Å²) in [5.41, 5.74) is 0. The average Bonchev–Trinajstić information content (AvgIpc) is 2.30. The Bertz CT molecular complexity index is 281. The molecule has 98 valence electrons. The first-order chi connectivity index (χ1) is 8.08. The summed E-state index contributed by atoms with van der Waals surface area (Å²) in [6, 6.07) is 0.624. The number of carbonyl (C=O) groups excluding carboxylic acids is 1. The summed E-state index contributed by atoms with van der Waals surface area (Å²) < 4.78 is 0. The molecule has 17 heavy (non-hydrogen) atoms. The van der Waals surface area contributed by atoms with Crippen LogP contribution in [-0.4, -0.2) is 40.8 Å². The van der Waals surface area contributed by atoms with Crippen molar-refractivity contribution in [3.8, 4) is 0 Å². The number of ketones is 1. The van der Waals surface area contributed by atoms with Crippen molar-refractivity contribution in [2.24, 2.45) is 11.8 Å². The second-order valence-corrected chi connectivity index (χ2v) is 7.34. The number of thioether (sulfide) groups is 1. The van der Waals surface area contributed by atoms with E-state index in [2.05, 4.69) is 37.4 Å². The van der Waals surface area contributed by atoms with Crippen LogP contribution >= 0.6 is 11.8 Å². The van der Waals surface area contributed by atoms with E-state index in [1.54, 1.807) is 0 Å². The lowest BCUT2D eigenvalue weighted by molar-refractivity contribution is -0.126. The quantitative estimate of drug-likeness (QED) is 0.757. The third-order valence-electron chi connectivity index (χ3n) is 4.50. The molecule has 2 nitrogen and oxygen atoms in total. The van der Waals surface area contributed by atoms with Crippen LogP contribution in [-0.2, 0) is 4.79 Å². The summed E-state index contributed by atoms with van der Waals surface area (Å²) in [7, 11) is 0. The molecule has 0 N–H and O–H groups in total. The van der Waals surface area contributed by atoms with E-state index >= 15 is 0 Å². The third-order valence-corrected chi connectivity index (χ3v) is 5.83. The van der Waals surface area contributed by atoms with E-state index in [0.717, 1.165) is 38.3 Å². The first-order valence-corrected chi connectivity index (χ1v) is 8.01. The number of hydrogen-bond acceptors (Lipinski definition) is 3. The smallest absolute Gasteiger partial charge is 0.137 e. The van der Waals surface area contributed by atoms with Crippen molar-refractivity contribution in [1.82, 2.24) is 4.90 Å². The number of Topliss-reactive ketones (excluding diaryl/α,β-unsaturated/α-hetero) is 1. The molecule has 1 aliphatic carbocycles. The first kappa shape index (κ1) is 13.4. The largest absolute Gasteiger partial charge is 0.299 e. The molecule has 1 saturated carbocycles. The van der Waals surface area contributed by atoms with Gasteiger partial charge in [-0.2, -0.15) is 11.8 Å². The van der Waals surface area contributed by atoms with Crippen LogP contribution in [0.5, 0.6) is 0 Å². The Morgan fingerprint density at radius 1 is 1.35 bits per heavy atom. The van der Waals surface area contributed by atoms with E-state index in [9.17, 15) is 4.79 Å². The minimum absolute atomic E-state index is 0.316. The van der Waals surface area contributed by atoms with E-state index in [4.69, 9.17) is 0 Å². The lowest BCUT2D eigenvalue weighted by Crippen LogP contribution is -2.48. The maximum Gasteiger partial charge on any atom is 0.137 e. The van der Waals surface area contributed by atoms with Gasteiger partial charge < -0.3 is 0 Å². The Hall–Kier alpha value is -0.0200. The summed E-state index contributed by atoms with van der Waals surface area (Å²) in [6.07, 6.45) is 3.04. The van der Waals surface area contributed by atoms with Gasteiger partial charge in [-0.3, -0.25) is 9.69 Å². The summed E-state index contributed by atoms with van der Waals surface area (Å²) in [6.45, 7) is 9.08. The van der Waals surface area contributed by atoms with Crippen molar-refractivity contribution in [1.29, 1.82) is 0 Å². The third kappa shape index (κ3) is 3.25. The van der Waals surface area contributed by atoms with Crippen molar-refractivity contribution in [2.45, 2.75) is 51.3 Å². The standard InChI is InChI=1S/C14H25NOS/c1-10-4-5-14(16)13(8-10)9-15-6-7-17-12(3)11(15)2/h10-13H,4-9H2,1-3H3. The molecule has 0 spiro atoms. The highest BCUT2D eigenvalue weighted by atomic mass is 32.2. The molecule has 1 heterocycles. The zero-order valence-corrected chi connectivity index (χ0v) is 12.1. The first-order valence-electron chi connectivity index (χ1n) is 6.96. The van der Waals surface area contributed by atoms with Crippen LogP contribution in [0.1, 0.15) is 40.0 Å². The second-order valence-electron chi connectivity index (χ2n) is 5.85. The van der Waals surface area contributed by atoms with Gasteiger partial charge in [0, 0.05) is 42.5 Å². The van der Waals surface area contributed by atoms with Crippen LogP contribution in [0.2, 0.25) is 0 Å². The van der Waals surface area contributed by atoms with Crippen LogP contribution in [0, 0.1) is 11.8 Å². The van der Waals surface area contributed by atoms with Gasteiger partial charge in [0.1, 0.15) is 5.78 Å². The molecular weight excluding hydrogens is 230 g/mol. The fourth-order valence-electron chi connectivity index (χ4n) is 3.04. The lowest BCUT2D eigenvalue weighted by atomic mass is 9.81. The summed E-state index contributed by atoms with van der Waals surface area (Å²) >= 11 is 2.07. The van der Waals surface area contributed by atoms with Gasteiger partial charge in [0.2, 0.25) is 0 Å². The maximum atomic E-state index is 12.0. The summed E-state index contributed by atoms with van der Waals surface area (Å²) in [5.74, 6) is 2.80. The van der Waals surface area contributed by atoms with E-state index in [1.807, 2.05) is 0 Å². The molecule has 1 aliphatic heterocycles. The molecule has 1 saturated heterocycles. The molecule has 2 rings (SSSR count). The van der Waals surface area contributed by atoms with Gasteiger partial charge in [-0.15, -0.1) is 0 Å². The molecule has 0 aromatic rings. The van der Waals surface area contributed by atoms with Crippen LogP contribution in [0.15, 0.2) is 0 Å². The van der Waals surface area contributed by atoms with Crippen molar-refractivity contribution in [3.05, 3.63) is 0 Å². The Kier molecular flexibility index (Phi) is 4.53. The molecule has 0 amide bonds. The van der Waals surface area contributed by atoms with Gasteiger partial charge in [-0.25, -0.2) is 0 Å². The summed E-state index contributed by atoms with van der Waals surface area (Å²) in [5, 5.41) is 0.708. The highest BCUT2D eigenvalue weighted by Crippen LogP contribution is 2.30. The van der Waals surface area contributed by atoms with E-state index < -0.39 is 0 Å². The molecule has 4 unspecified atom stereocenters.